The van der Waals surface area contributed by atoms with Gasteiger partial charge >= 0.3 is 0 Å². The Morgan fingerprint density at radius 3 is 3.00 bits per heavy atom. The maximum Gasteiger partial charge on any atom is 0.0876 e. The predicted octanol–water partition coefficient (Wildman–Crippen LogP) is 1.66. The van der Waals surface area contributed by atoms with Gasteiger partial charge in [-0.15, -0.1) is 0 Å². The van der Waals surface area contributed by atoms with Crippen LogP contribution in [0.5, 0.6) is 0 Å². The fourth-order valence-electron chi connectivity index (χ4n) is 3.34. The van der Waals surface area contributed by atoms with Crippen LogP contribution in [0.2, 0.25) is 0 Å². The Hall–Kier alpha value is -1.10. The maximum absolute atomic E-state index is 5.91. The molecule has 0 saturated carbocycles. The van der Waals surface area contributed by atoms with E-state index >= 15 is 0 Å². The van der Waals surface area contributed by atoms with Crippen LogP contribution in [0, 0.1) is 0 Å². The Bertz CT molecular complexity index is 491. The minimum atomic E-state index is 0.339. The van der Waals surface area contributed by atoms with Gasteiger partial charge in [0.15, 0.2) is 0 Å². The van der Waals surface area contributed by atoms with Crippen molar-refractivity contribution in [3.63, 3.8) is 0 Å². The van der Waals surface area contributed by atoms with E-state index in [1.54, 1.807) is 0 Å². The van der Waals surface area contributed by atoms with Crippen molar-refractivity contribution < 1.29 is 4.74 Å². The zero-order valence-corrected chi connectivity index (χ0v) is 13.4. The highest BCUT2D eigenvalue weighted by atomic mass is 16.5. The molecular formula is C17H27N3O. The summed E-state index contributed by atoms with van der Waals surface area (Å²) in [5.74, 6) is 0. The molecule has 116 valence electrons. The minimum absolute atomic E-state index is 0.339. The second-order valence-electron chi connectivity index (χ2n) is 6.35. The van der Waals surface area contributed by atoms with E-state index in [0.29, 0.717) is 12.1 Å². The Kier molecular flexibility index (Phi) is 4.48. The summed E-state index contributed by atoms with van der Waals surface area (Å²) in [6, 6.07) is 7.33. The van der Waals surface area contributed by atoms with Crippen molar-refractivity contribution in [2.45, 2.75) is 25.5 Å². The van der Waals surface area contributed by atoms with Crippen molar-refractivity contribution in [1.82, 2.24) is 10.2 Å². The number of anilines is 1. The topological polar surface area (TPSA) is 27.7 Å². The molecule has 0 aliphatic carbocycles. The fraction of sp³-hybridized carbons (Fsp3) is 0.647. The van der Waals surface area contributed by atoms with Crippen LogP contribution in [0.3, 0.4) is 0 Å². The van der Waals surface area contributed by atoms with Crippen LogP contribution in [0.15, 0.2) is 18.2 Å². The second-order valence-corrected chi connectivity index (χ2v) is 6.35. The third-order valence-corrected chi connectivity index (χ3v) is 4.79. The average molecular weight is 289 g/mol. The van der Waals surface area contributed by atoms with Crippen molar-refractivity contribution in [3.05, 3.63) is 29.3 Å². The molecule has 0 amide bonds. The van der Waals surface area contributed by atoms with Gasteiger partial charge in [-0.1, -0.05) is 12.1 Å². The van der Waals surface area contributed by atoms with Crippen molar-refractivity contribution in [3.8, 4) is 0 Å². The summed E-state index contributed by atoms with van der Waals surface area (Å²) in [7, 11) is 4.19. The van der Waals surface area contributed by atoms with Gasteiger partial charge in [0.1, 0.15) is 0 Å². The van der Waals surface area contributed by atoms with Gasteiger partial charge in [-0.25, -0.2) is 0 Å². The Morgan fingerprint density at radius 1 is 1.38 bits per heavy atom. The number of hydrogen-bond donors (Lipinski definition) is 1. The number of morpholine rings is 1. The van der Waals surface area contributed by atoms with E-state index in [9.17, 15) is 0 Å². The molecule has 2 aliphatic rings. The lowest BCUT2D eigenvalue weighted by Gasteiger charge is -2.33. The van der Waals surface area contributed by atoms with Crippen molar-refractivity contribution in [2.24, 2.45) is 0 Å². The predicted molar refractivity (Wildman–Crippen MR) is 87.1 cm³/mol. The molecule has 4 heteroatoms. The van der Waals surface area contributed by atoms with Crippen LogP contribution in [0.25, 0.3) is 0 Å². The van der Waals surface area contributed by atoms with Gasteiger partial charge in [0.2, 0.25) is 0 Å². The summed E-state index contributed by atoms with van der Waals surface area (Å²) in [6.07, 6.45) is 1.49. The number of hydrogen-bond acceptors (Lipinski definition) is 4. The number of nitrogens with one attached hydrogen (secondary N) is 1. The van der Waals surface area contributed by atoms with Crippen LogP contribution in [-0.2, 0) is 11.2 Å². The van der Waals surface area contributed by atoms with Crippen LogP contribution in [0.1, 0.15) is 24.1 Å². The maximum atomic E-state index is 5.91. The first-order valence-corrected chi connectivity index (χ1v) is 8.02. The van der Waals surface area contributed by atoms with Gasteiger partial charge in [0.25, 0.3) is 0 Å². The van der Waals surface area contributed by atoms with E-state index in [2.05, 4.69) is 47.3 Å². The highest BCUT2D eigenvalue weighted by Gasteiger charge is 2.25. The van der Waals surface area contributed by atoms with Gasteiger partial charge in [-0.2, -0.15) is 0 Å². The lowest BCUT2D eigenvalue weighted by atomic mass is 10.0. The van der Waals surface area contributed by atoms with E-state index in [0.717, 1.165) is 39.2 Å². The van der Waals surface area contributed by atoms with Crippen LogP contribution < -0.4 is 10.2 Å². The van der Waals surface area contributed by atoms with Crippen molar-refractivity contribution in [2.75, 3.05) is 51.8 Å². The van der Waals surface area contributed by atoms with E-state index in [4.69, 9.17) is 4.74 Å². The van der Waals surface area contributed by atoms with Crippen LogP contribution in [-0.4, -0.2) is 57.9 Å². The van der Waals surface area contributed by atoms with Gasteiger partial charge in [0, 0.05) is 37.9 Å². The minimum Gasteiger partial charge on any atom is -0.374 e. The molecule has 3 rings (SSSR count). The number of fused-ring (bicyclic) bond motifs is 1. The van der Waals surface area contributed by atoms with E-state index in [1.807, 2.05) is 7.05 Å². The lowest BCUT2D eigenvalue weighted by Crippen LogP contribution is -2.45. The second kappa shape index (κ2) is 6.34. The Balaban J connectivity index is 1.69. The molecule has 1 N–H and O–H groups in total. The van der Waals surface area contributed by atoms with Gasteiger partial charge in [-0.3, -0.25) is 0 Å². The third-order valence-electron chi connectivity index (χ3n) is 4.79. The van der Waals surface area contributed by atoms with Gasteiger partial charge in [0.05, 0.1) is 12.7 Å². The quantitative estimate of drug-likeness (QED) is 0.912. The molecule has 2 atom stereocenters. The molecule has 0 bridgehead atoms. The number of benzene rings is 1. The molecule has 1 aromatic rings. The number of nitrogens with zero attached hydrogens (tertiary/aromatic N) is 2. The van der Waals surface area contributed by atoms with Gasteiger partial charge in [-0.05, 0) is 44.6 Å². The van der Waals surface area contributed by atoms with Crippen LogP contribution in [0.4, 0.5) is 5.69 Å². The molecule has 4 nitrogen and oxygen atoms in total. The van der Waals surface area contributed by atoms with Crippen LogP contribution >= 0.6 is 0 Å². The average Bonchev–Trinajstić information content (AvgIpc) is 2.89. The molecule has 0 aromatic heterocycles. The van der Waals surface area contributed by atoms with E-state index in [1.165, 1.54) is 16.8 Å². The molecule has 21 heavy (non-hydrogen) atoms. The number of ether oxygens (including phenoxy) is 1. The molecule has 2 heterocycles. The zero-order chi connectivity index (χ0) is 14.8. The van der Waals surface area contributed by atoms with Gasteiger partial charge < -0.3 is 19.9 Å². The van der Waals surface area contributed by atoms with E-state index < -0.39 is 0 Å². The summed E-state index contributed by atoms with van der Waals surface area (Å²) in [6.45, 7) is 7.30. The molecule has 2 aliphatic heterocycles. The first-order chi connectivity index (χ1) is 10.2. The molecule has 1 aromatic carbocycles. The summed E-state index contributed by atoms with van der Waals surface area (Å²) < 4.78 is 5.91. The molecule has 1 saturated heterocycles. The van der Waals surface area contributed by atoms with Crippen molar-refractivity contribution >= 4 is 5.69 Å². The molecule has 0 spiro atoms. The fourth-order valence-corrected chi connectivity index (χ4v) is 3.34. The number of rotatable bonds is 4. The molecule has 1 fully saturated rings. The SMILES string of the molecule is CNC(C)c1ccc2c(c1)CCN2CC1CN(C)CCO1. The summed E-state index contributed by atoms with van der Waals surface area (Å²) >= 11 is 0. The standard InChI is InChI=1S/C17H27N3O/c1-13(18-2)14-4-5-17-15(10-14)6-7-20(17)12-16-11-19(3)8-9-21-16/h4-5,10,13,16,18H,6-9,11-12H2,1-3H3. The summed E-state index contributed by atoms with van der Waals surface area (Å²) in [4.78, 5) is 4.86. The summed E-state index contributed by atoms with van der Waals surface area (Å²) in [5.41, 5.74) is 4.27. The Labute approximate surface area is 128 Å². The lowest BCUT2D eigenvalue weighted by molar-refractivity contribution is -0.0146. The first kappa shape index (κ1) is 14.8. The third kappa shape index (κ3) is 3.23. The normalized spacial score (nSPS) is 24.1. The van der Waals surface area contributed by atoms with Crippen molar-refractivity contribution in [1.29, 1.82) is 0 Å². The molecule has 2 unspecified atom stereocenters. The monoisotopic (exact) mass is 289 g/mol. The Morgan fingerprint density at radius 2 is 2.24 bits per heavy atom. The largest absolute Gasteiger partial charge is 0.374 e. The highest BCUT2D eigenvalue weighted by Crippen LogP contribution is 2.30. The molecule has 0 radical (unpaired) electrons. The first-order valence-electron chi connectivity index (χ1n) is 8.02. The van der Waals surface area contributed by atoms with E-state index in [-0.39, 0.29) is 0 Å². The zero-order valence-electron chi connectivity index (χ0n) is 13.4. The summed E-state index contributed by atoms with van der Waals surface area (Å²) in [5, 5.41) is 3.32. The highest BCUT2D eigenvalue weighted by molar-refractivity contribution is 5.59. The molecular weight excluding hydrogens is 262 g/mol. The number of likely N-dealkylation sites (N-methyl/N-ethyl adjacent to an activating group) is 1. The smallest absolute Gasteiger partial charge is 0.0876 e.